The first kappa shape index (κ1) is 14.0. The molecule has 6 nitrogen and oxygen atoms in total. The Bertz CT molecular complexity index is 539. The summed E-state index contributed by atoms with van der Waals surface area (Å²) in [5.74, 6) is -1.86. The molecule has 1 atom stereocenters. The van der Waals surface area contributed by atoms with Gasteiger partial charge in [-0.05, 0) is 17.7 Å². The first-order chi connectivity index (χ1) is 9.51. The molecule has 0 saturated carbocycles. The average molecular weight is 276 g/mol. The number of nitrogens with one attached hydrogen (secondary N) is 1. The first-order valence-electron chi connectivity index (χ1n) is 6.33. The number of hydrogen-bond acceptors (Lipinski definition) is 3. The standard InChI is InChI=1S/C14H16N2O4/c1-15-13(18)10-4-2-9(3-5-10)7-16-8-11(14(19)20)6-12(16)17/h2-5,11H,6-8H2,1H3,(H,15,18)(H,19,20)/t11-/m0/s1. The smallest absolute Gasteiger partial charge is 0.308 e. The highest BCUT2D eigenvalue weighted by Crippen LogP contribution is 2.20. The lowest BCUT2D eigenvalue weighted by molar-refractivity contribution is -0.141. The maximum Gasteiger partial charge on any atom is 0.308 e. The second-order valence-electron chi connectivity index (χ2n) is 4.79. The maximum absolute atomic E-state index is 11.7. The van der Waals surface area contributed by atoms with Crippen molar-refractivity contribution in [3.05, 3.63) is 35.4 Å². The van der Waals surface area contributed by atoms with E-state index < -0.39 is 11.9 Å². The van der Waals surface area contributed by atoms with E-state index in [1.807, 2.05) is 0 Å². The van der Waals surface area contributed by atoms with Gasteiger partial charge in [0.15, 0.2) is 0 Å². The van der Waals surface area contributed by atoms with Gasteiger partial charge in [-0.2, -0.15) is 0 Å². The zero-order valence-electron chi connectivity index (χ0n) is 11.1. The molecular formula is C14H16N2O4. The molecule has 2 N–H and O–H groups in total. The molecule has 0 radical (unpaired) electrons. The topological polar surface area (TPSA) is 86.7 Å². The molecular weight excluding hydrogens is 260 g/mol. The van der Waals surface area contributed by atoms with Crippen LogP contribution < -0.4 is 5.32 Å². The predicted molar refractivity (Wildman–Crippen MR) is 71.0 cm³/mol. The summed E-state index contributed by atoms with van der Waals surface area (Å²) in [6.45, 7) is 0.613. The fraction of sp³-hybridized carbons (Fsp3) is 0.357. The van der Waals surface area contributed by atoms with Crippen molar-refractivity contribution in [1.82, 2.24) is 10.2 Å². The molecule has 0 bridgehead atoms. The molecule has 0 aliphatic carbocycles. The third-order valence-electron chi connectivity index (χ3n) is 3.38. The van der Waals surface area contributed by atoms with E-state index in [2.05, 4.69) is 5.32 Å². The number of carboxylic acid groups (broad SMARTS) is 1. The van der Waals surface area contributed by atoms with Crippen molar-refractivity contribution in [3.63, 3.8) is 0 Å². The second-order valence-corrected chi connectivity index (χ2v) is 4.79. The van der Waals surface area contributed by atoms with Crippen LogP contribution in [0.4, 0.5) is 0 Å². The van der Waals surface area contributed by atoms with Gasteiger partial charge in [0.1, 0.15) is 0 Å². The highest BCUT2D eigenvalue weighted by molar-refractivity contribution is 5.94. The van der Waals surface area contributed by atoms with Crippen LogP contribution in [0.25, 0.3) is 0 Å². The molecule has 1 aromatic carbocycles. The van der Waals surface area contributed by atoms with Gasteiger partial charge in [-0.15, -0.1) is 0 Å². The summed E-state index contributed by atoms with van der Waals surface area (Å²) in [6, 6.07) is 6.91. The fourth-order valence-electron chi connectivity index (χ4n) is 2.22. The number of amides is 2. The van der Waals surface area contributed by atoms with Gasteiger partial charge in [-0.1, -0.05) is 12.1 Å². The number of benzene rings is 1. The van der Waals surface area contributed by atoms with E-state index >= 15 is 0 Å². The summed E-state index contributed by atoms with van der Waals surface area (Å²) in [4.78, 5) is 35.5. The molecule has 1 saturated heterocycles. The minimum absolute atomic E-state index is 0.0612. The van der Waals surface area contributed by atoms with E-state index in [1.54, 1.807) is 31.3 Å². The van der Waals surface area contributed by atoms with Crippen molar-refractivity contribution in [2.45, 2.75) is 13.0 Å². The number of aliphatic carboxylic acids is 1. The van der Waals surface area contributed by atoms with Crippen LogP contribution in [-0.4, -0.2) is 41.4 Å². The van der Waals surface area contributed by atoms with Crippen molar-refractivity contribution >= 4 is 17.8 Å². The molecule has 0 spiro atoms. The van der Waals surface area contributed by atoms with Gasteiger partial charge in [0.05, 0.1) is 5.92 Å². The van der Waals surface area contributed by atoms with Crippen LogP contribution in [0.2, 0.25) is 0 Å². The second kappa shape index (κ2) is 5.73. The van der Waals surface area contributed by atoms with Crippen LogP contribution in [0.5, 0.6) is 0 Å². The maximum atomic E-state index is 11.7. The largest absolute Gasteiger partial charge is 0.481 e. The van der Waals surface area contributed by atoms with Crippen LogP contribution in [0.3, 0.4) is 0 Å². The van der Waals surface area contributed by atoms with E-state index in [9.17, 15) is 14.4 Å². The zero-order chi connectivity index (χ0) is 14.7. The third kappa shape index (κ3) is 2.96. The summed E-state index contributed by atoms with van der Waals surface area (Å²) in [6.07, 6.45) is 0.0612. The lowest BCUT2D eigenvalue weighted by Crippen LogP contribution is -2.25. The van der Waals surface area contributed by atoms with E-state index in [4.69, 9.17) is 5.11 Å². The van der Waals surface area contributed by atoms with Gasteiger partial charge < -0.3 is 15.3 Å². The number of likely N-dealkylation sites (tertiary alicyclic amines) is 1. The molecule has 2 rings (SSSR count). The highest BCUT2D eigenvalue weighted by Gasteiger charge is 2.33. The molecule has 1 aliphatic heterocycles. The van der Waals surface area contributed by atoms with E-state index in [-0.39, 0.29) is 24.8 Å². The Hall–Kier alpha value is -2.37. The van der Waals surface area contributed by atoms with E-state index in [0.29, 0.717) is 12.1 Å². The molecule has 20 heavy (non-hydrogen) atoms. The summed E-state index contributed by atoms with van der Waals surface area (Å²) in [7, 11) is 1.56. The third-order valence-corrected chi connectivity index (χ3v) is 3.38. The molecule has 1 heterocycles. The molecule has 0 aromatic heterocycles. The minimum atomic E-state index is -0.934. The van der Waals surface area contributed by atoms with Gasteiger partial charge in [-0.3, -0.25) is 14.4 Å². The highest BCUT2D eigenvalue weighted by atomic mass is 16.4. The van der Waals surface area contributed by atoms with E-state index in [1.165, 1.54) is 4.90 Å². The Morgan fingerprint density at radius 1 is 1.35 bits per heavy atom. The molecule has 106 valence electrons. The van der Waals surface area contributed by atoms with Crippen LogP contribution in [-0.2, 0) is 16.1 Å². The van der Waals surface area contributed by atoms with Crippen molar-refractivity contribution in [1.29, 1.82) is 0 Å². The zero-order valence-corrected chi connectivity index (χ0v) is 11.1. The Morgan fingerprint density at radius 3 is 2.50 bits per heavy atom. The van der Waals surface area contributed by atoms with Gasteiger partial charge >= 0.3 is 5.97 Å². The number of nitrogens with zero attached hydrogens (tertiary/aromatic N) is 1. The number of carbonyl (C=O) groups is 3. The fourth-order valence-corrected chi connectivity index (χ4v) is 2.22. The Kier molecular flexibility index (Phi) is 4.02. The predicted octanol–water partition coefficient (Wildman–Crippen LogP) is 0.479. The molecule has 0 unspecified atom stereocenters. The number of rotatable bonds is 4. The summed E-state index contributed by atoms with van der Waals surface area (Å²) in [5.41, 5.74) is 1.42. The lowest BCUT2D eigenvalue weighted by atomic mass is 10.1. The van der Waals surface area contributed by atoms with Gasteiger partial charge in [0, 0.05) is 32.1 Å². The molecule has 1 aliphatic rings. The van der Waals surface area contributed by atoms with Crippen LogP contribution in [0.15, 0.2) is 24.3 Å². The summed E-state index contributed by atoms with van der Waals surface area (Å²) >= 11 is 0. The monoisotopic (exact) mass is 276 g/mol. The van der Waals surface area contributed by atoms with Crippen LogP contribution in [0.1, 0.15) is 22.3 Å². The number of carbonyl (C=O) groups excluding carboxylic acids is 2. The van der Waals surface area contributed by atoms with Crippen molar-refractivity contribution in [3.8, 4) is 0 Å². The molecule has 2 amide bonds. The Labute approximate surface area is 116 Å². The van der Waals surface area contributed by atoms with Crippen LogP contribution >= 0.6 is 0 Å². The quantitative estimate of drug-likeness (QED) is 0.837. The van der Waals surface area contributed by atoms with Gasteiger partial charge in [-0.25, -0.2) is 0 Å². The van der Waals surface area contributed by atoms with Gasteiger partial charge in [0.25, 0.3) is 5.91 Å². The first-order valence-corrected chi connectivity index (χ1v) is 6.33. The Morgan fingerprint density at radius 2 is 2.00 bits per heavy atom. The summed E-state index contributed by atoms with van der Waals surface area (Å²) < 4.78 is 0. The number of carboxylic acids is 1. The Balaban J connectivity index is 2.02. The SMILES string of the molecule is CNC(=O)c1ccc(CN2C[C@@H](C(=O)O)CC2=O)cc1. The van der Waals surface area contributed by atoms with E-state index in [0.717, 1.165) is 5.56 Å². The average Bonchev–Trinajstić information content (AvgIpc) is 2.80. The molecule has 1 aromatic rings. The molecule has 6 heteroatoms. The number of hydrogen-bond donors (Lipinski definition) is 2. The lowest BCUT2D eigenvalue weighted by Gasteiger charge is -2.16. The summed E-state index contributed by atoms with van der Waals surface area (Å²) in [5, 5.41) is 11.4. The minimum Gasteiger partial charge on any atom is -0.481 e. The van der Waals surface area contributed by atoms with Gasteiger partial charge in [0.2, 0.25) is 5.91 Å². The molecule has 1 fully saturated rings. The van der Waals surface area contributed by atoms with Crippen LogP contribution in [0, 0.1) is 5.92 Å². The van der Waals surface area contributed by atoms with Crippen molar-refractivity contribution in [2.24, 2.45) is 5.92 Å². The van der Waals surface area contributed by atoms with Crippen molar-refractivity contribution in [2.75, 3.05) is 13.6 Å². The normalized spacial score (nSPS) is 18.1. The van der Waals surface area contributed by atoms with Crippen molar-refractivity contribution < 1.29 is 19.5 Å².